The quantitative estimate of drug-likeness (QED) is 0.436. The molecule has 4 aromatic rings. The molecule has 8 heteroatoms. The molecule has 0 atom stereocenters. The SMILES string of the molecule is COc1ccc(CNC(=O)/C=C/c2c[nH]c3ncc(-c4cnn(C)c4C)cc23)cc1OC. The van der Waals surface area contributed by atoms with Crippen molar-refractivity contribution in [1.82, 2.24) is 25.1 Å². The highest BCUT2D eigenvalue weighted by Crippen LogP contribution is 2.28. The Morgan fingerprint density at radius 1 is 1.19 bits per heavy atom. The number of hydrogen-bond donors (Lipinski definition) is 2. The molecule has 1 aromatic carbocycles. The number of pyridine rings is 1. The van der Waals surface area contributed by atoms with E-state index in [1.807, 2.05) is 55.4 Å². The molecule has 3 heterocycles. The van der Waals surface area contributed by atoms with E-state index < -0.39 is 0 Å². The van der Waals surface area contributed by atoms with E-state index in [2.05, 4.69) is 26.4 Å². The lowest BCUT2D eigenvalue weighted by Crippen LogP contribution is -2.20. The van der Waals surface area contributed by atoms with E-state index in [0.29, 0.717) is 18.0 Å². The zero-order valence-electron chi connectivity index (χ0n) is 18.5. The van der Waals surface area contributed by atoms with E-state index in [4.69, 9.17) is 9.47 Å². The van der Waals surface area contributed by atoms with Gasteiger partial charge in [0.15, 0.2) is 11.5 Å². The van der Waals surface area contributed by atoms with Crippen molar-refractivity contribution in [2.24, 2.45) is 7.05 Å². The number of fused-ring (bicyclic) bond motifs is 1. The van der Waals surface area contributed by atoms with E-state index in [1.54, 1.807) is 20.3 Å². The first-order valence-corrected chi connectivity index (χ1v) is 10.1. The number of aromatic nitrogens is 4. The number of carbonyl (C=O) groups excluding carboxylic acids is 1. The number of amides is 1. The number of hydrogen-bond acceptors (Lipinski definition) is 5. The van der Waals surface area contributed by atoms with Gasteiger partial charge >= 0.3 is 0 Å². The minimum absolute atomic E-state index is 0.193. The average molecular weight is 431 g/mol. The maximum Gasteiger partial charge on any atom is 0.244 e. The monoisotopic (exact) mass is 431 g/mol. The minimum Gasteiger partial charge on any atom is -0.493 e. The maximum atomic E-state index is 12.4. The van der Waals surface area contributed by atoms with Crippen molar-refractivity contribution in [2.45, 2.75) is 13.5 Å². The van der Waals surface area contributed by atoms with E-state index in [9.17, 15) is 4.79 Å². The summed E-state index contributed by atoms with van der Waals surface area (Å²) in [4.78, 5) is 20.0. The first kappa shape index (κ1) is 21.2. The van der Waals surface area contributed by atoms with Gasteiger partial charge in [-0.25, -0.2) is 4.98 Å². The molecule has 0 radical (unpaired) electrons. The highest BCUT2D eigenvalue weighted by molar-refractivity contribution is 5.96. The van der Waals surface area contributed by atoms with Gasteiger partial charge in [-0.05, 0) is 36.8 Å². The lowest BCUT2D eigenvalue weighted by molar-refractivity contribution is -0.116. The number of aromatic amines is 1. The Labute approximate surface area is 185 Å². The first-order valence-electron chi connectivity index (χ1n) is 10.1. The number of ether oxygens (including phenoxy) is 2. The molecule has 1 amide bonds. The molecule has 3 aromatic heterocycles. The number of benzene rings is 1. The topological polar surface area (TPSA) is 94.1 Å². The van der Waals surface area contributed by atoms with Crippen LogP contribution in [-0.4, -0.2) is 39.9 Å². The van der Waals surface area contributed by atoms with E-state index in [-0.39, 0.29) is 5.91 Å². The largest absolute Gasteiger partial charge is 0.493 e. The summed E-state index contributed by atoms with van der Waals surface area (Å²) >= 11 is 0. The molecule has 4 rings (SSSR count). The summed E-state index contributed by atoms with van der Waals surface area (Å²) in [6.45, 7) is 2.40. The van der Waals surface area contributed by atoms with Gasteiger partial charge in [0, 0.05) is 59.8 Å². The summed E-state index contributed by atoms with van der Waals surface area (Å²) in [5.74, 6) is 1.08. The molecular formula is C24H25N5O3. The third-order valence-corrected chi connectivity index (χ3v) is 5.44. The predicted molar refractivity (Wildman–Crippen MR) is 123 cm³/mol. The normalized spacial score (nSPS) is 11.2. The summed E-state index contributed by atoms with van der Waals surface area (Å²) < 4.78 is 12.4. The second kappa shape index (κ2) is 8.97. The smallest absolute Gasteiger partial charge is 0.244 e. The van der Waals surface area contributed by atoms with Crippen molar-refractivity contribution in [1.29, 1.82) is 0 Å². The highest BCUT2D eigenvalue weighted by Gasteiger charge is 2.10. The fraction of sp³-hybridized carbons (Fsp3) is 0.208. The van der Waals surface area contributed by atoms with Crippen molar-refractivity contribution in [3.05, 3.63) is 65.8 Å². The third kappa shape index (κ3) is 4.20. The second-order valence-electron chi connectivity index (χ2n) is 7.37. The molecule has 0 unspecified atom stereocenters. The summed E-state index contributed by atoms with van der Waals surface area (Å²) in [6.07, 6.45) is 8.81. The van der Waals surface area contributed by atoms with Crippen LogP contribution in [0.1, 0.15) is 16.8 Å². The minimum atomic E-state index is -0.193. The molecule has 0 saturated carbocycles. The fourth-order valence-electron chi connectivity index (χ4n) is 3.50. The van der Waals surface area contributed by atoms with E-state index in [1.165, 1.54) is 6.08 Å². The van der Waals surface area contributed by atoms with Crippen LogP contribution >= 0.6 is 0 Å². The summed E-state index contributed by atoms with van der Waals surface area (Å²) in [6, 6.07) is 7.61. The van der Waals surface area contributed by atoms with Crippen LogP contribution in [0, 0.1) is 6.92 Å². The Balaban J connectivity index is 1.48. The van der Waals surface area contributed by atoms with Gasteiger partial charge in [-0.1, -0.05) is 6.07 Å². The molecule has 0 aliphatic heterocycles. The number of nitrogens with zero attached hydrogens (tertiary/aromatic N) is 3. The Kier molecular flexibility index (Phi) is 5.93. The standard InChI is InChI=1S/C24H25N5O3/c1-15-20(14-28-29(15)2)18-10-19-17(12-26-24(19)27-13-18)6-8-23(30)25-11-16-5-7-21(31-3)22(9-16)32-4/h5-10,12-14H,11H2,1-4H3,(H,25,30)(H,26,27)/b8-6+. The number of aryl methyl sites for hydroxylation is 1. The van der Waals surface area contributed by atoms with Gasteiger partial charge in [-0.2, -0.15) is 5.10 Å². The zero-order valence-corrected chi connectivity index (χ0v) is 18.5. The van der Waals surface area contributed by atoms with E-state index >= 15 is 0 Å². The van der Waals surface area contributed by atoms with Crippen LogP contribution in [-0.2, 0) is 18.4 Å². The maximum absolute atomic E-state index is 12.4. The summed E-state index contributed by atoms with van der Waals surface area (Å²) in [7, 11) is 5.08. The van der Waals surface area contributed by atoms with Crippen LogP contribution in [0.5, 0.6) is 11.5 Å². The van der Waals surface area contributed by atoms with Crippen LogP contribution in [0.25, 0.3) is 28.2 Å². The molecule has 0 saturated heterocycles. The van der Waals surface area contributed by atoms with Crippen molar-refractivity contribution < 1.29 is 14.3 Å². The molecule has 0 spiro atoms. The number of methoxy groups -OCH3 is 2. The molecule has 0 aliphatic rings. The second-order valence-corrected chi connectivity index (χ2v) is 7.37. The van der Waals surface area contributed by atoms with Crippen LogP contribution in [0.15, 0.2) is 48.9 Å². The lowest BCUT2D eigenvalue weighted by Gasteiger charge is -2.09. The summed E-state index contributed by atoms with van der Waals surface area (Å²) in [5.41, 5.74) is 5.64. The van der Waals surface area contributed by atoms with Crippen molar-refractivity contribution in [3.8, 4) is 22.6 Å². The molecule has 8 nitrogen and oxygen atoms in total. The molecule has 164 valence electrons. The number of nitrogens with one attached hydrogen (secondary N) is 2. The number of carbonyl (C=O) groups is 1. The molecule has 2 N–H and O–H groups in total. The number of rotatable bonds is 7. The highest BCUT2D eigenvalue weighted by atomic mass is 16.5. The third-order valence-electron chi connectivity index (χ3n) is 5.44. The first-order chi connectivity index (χ1) is 15.5. The Morgan fingerprint density at radius 2 is 2.00 bits per heavy atom. The van der Waals surface area contributed by atoms with Crippen LogP contribution in [0.2, 0.25) is 0 Å². The molecule has 0 fully saturated rings. The average Bonchev–Trinajstić information content (AvgIpc) is 3.38. The van der Waals surface area contributed by atoms with Crippen molar-refractivity contribution in [3.63, 3.8) is 0 Å². The van der Waals surface area contributed by atoms with Crippen LogP contribution in [0.3, 0.4) is 0 Å². The zero-order chi connectivity index (χ0) is 22.7. The van der Waals surface area contributed by atoms with Gasteiger partial charge in [0.1, 0.15) is 5.65 Å². The summed E-state index contributed by atoms with van der Waals surface area (Å²) in [5, 5.41) is 8.13. The molecule has 0 aliphatic carbocycles. The van der Waals surface area contributed by atoms with Gasteiger partial charge in [-0.3, -0.25) is 9.48 Å². The molecule has 32 heavy (non-hydrogen) atoms. The van der Waals surface area contributed by atoms with Gasteiger partial charge < -0.3 is 19.8 Å². The number of H-pyrrole nitrogens is 1. The van der Waals surface area contributed by atoms with Gasteiger partial charge in [0.05, 0.1) is 20.4 Å². The van der Waals surface area contributed by atoms with Crippen LogP contribution in [0.4, 0.5) is 0 Å². The Morgan fingerprint density at radius 3 is 2.72 bits per heavy atom. The van der Waals surface area contributed by atoms with Gasteiger partial charge in [0.25, 0.3) is 0 Å². The Bertz CT molecular complexity index is 1300. The molecular weight excluding hydrogens is 406 g/mol. The van der Waals surface area contributed by atoms with Crippen LogP contribution < -0.4 is 14.8 Å². The predicted octanol–water partition coefficient (Wildman–Crippen LogP) is 3.62. The van der Waals surface area contributed by atoms with Gasteiger partial charge in [-0.15, -0.1) is 0 Å². The van der Waals surface area contributed by atoms with Gasteiger partial charge in [0.2, 0.25) is 5.91 Å². The van der Waals surface area contributed by atoms with Crippen molar-refractivity contribution in [2.75, 3.05) is 14.2 Å². The van der Waals surface area contributed by atoms with Crippen molar-refractivity contribution >= 4 is 23.0 Å². The molecule has 0 bridgehead atoms. The fourth-order valence-corrected chi connectivity index (χ4v) is 3.50. The lowest BCUT2D eigenvalue weighted by atomic mass is 10.1. The van der Waals surface area contributed by atoms with E-state index in [0.717, 1.165) is 39.0 Å². The Hall–Kier alpha value is -4.07.